The number of aromatic nitrogens is 1. The van der Waals surface area contributed by atoms with E-state index in [1.807, 2.05) is 6.92 Å². The molecule has 2 nitrogen and oxygen atoms in total. The van der Waals surface area contributed by atoms with E-state index in [9.17, 15) is 4.39 Å². The van der Waals surface area contributed by atoms with Gasteiger partial charge in [-0.05, 0) is 18.5 Å². The second-order valence-corrected chi connectivity index (χ2v) is 4.63. The molecular weight excluding hydrogens is 227 g/mol. The fourth-order valence-electron chi connectivity index (χ4n) is 1.61. The Morgan fingerprint density at radius 3 is 2.69 bits per heavy atom. The highest BCUT2D eigenvalue weighted by molar-refractivity contribution is 6.30. The van der Waals surface area contributed by atoms with E-state index in [4.69, 9.17) is 11.6 Å². The molecule has 1 heterocycles. The Bertz CT molecular complexity index is 342. The highest BCUT2D eigenvalue weighted by atomic mass is 35.5. The van der Waals surface area contributed by atoms with Crippen LogP contribution in [0.3, 0.4) is 0 Å². The van der Waals surface area contributed by atoms with Crippen LogP contribution in [0.25, 0.3) is 0 Å². The van der Waals surface area contributed by atoms with Gasteiger partial charge in [0.15, 0.2) is 0 Å². The molecule has 0 bridgehead atoms. The summed E-state index contributed by atoms with van der Waals surface area (Å²) in [6.45, 7) is 7.14. The van der Waals surface area contributed by atoms with Crippen LogP contribution >= 0.6 is 11.6 Å². The van der Waals surface area contributed by atoms with E-state index in [-0.39, 0.29) is 11.9 Å². The number of hydrogen-bond donors (Lipinski definition) is 1. The van der Waals surface area contributed by atoms with Crippen LogP contribution in [-0.2, 0) is 6.42 Å². The molecule has 0 fully saturated rings. The number of rotatable bonds is 5. The van der Waals surface area contributed by atoms with Crippen LogP contribution < -0.4 is 5.32 Å². The molecule has 0 radical (unpaired) electrons. The van der Waals surface area contributed by atoms with Gasteiger partial charge in [0.2, 0.25) is 0 Å². The van der Waals surface area contributed by atoms with Gasteiger partial charge < -0.3 is 5.32 Å². The lowest BCUT2D eigenvalue weighted by molar-refractivity contribution is 0.396. The summed E-state index contributed by atoms with van der Waals surface area (Å²) in [6.07, 6.45) is 2.08. The molecule has 0 aliphatic rings. The van der Waals surface area contributed by atoms with Gasteiger partial charge in [0, 0.05) is 18.7 Å². The van der Waals surface area contributed by atoms with Crippen molar-refractivity contribution in [1.82, 2.24) is 10.3 Å². The number of pyridine rings is 1. The number of hydrogen-bond acceptors (Lipinski definition) is 2. The van der Waals surface area contributed by atoms with Crippen LogP contribution in [0, 0.1) is 11.7 Å². The van der Waals surface area contributed by atoms with Crippen molar-refractivity contribution in [2.45, 2.75) is 33.2 Å². The van der Waals surface area contributed by atoms with Gasteiger partial charge in [-0.2, -0.15) is 0 Å². The predicted molar refractivity (Wildman–Crippen MR) is 65.2 cm³/mol. The first-order chi connectivity index (χ1) is 7.54. The largest absolute Gasteiger partial charge is 0.314 e. The van der Waals surface area contributed by atoms with Gasteiger partial charge in [-0.25, -0.2) is 4.39 Å². The van der Waals surface area contributed by atoms with Crippen LogP contribution in [-0.4, -0.2) is 17.6 Å². The van der Waals surface area contributed by atoms with Crippen molar-refractivity contribution in [1.29, 1.82) is 0 Å². The Kier molecular flexibility index (Phi) is 5.16. The van der Waals surface area contributed by atoms with Crippen molar-refractivity contribution in [3.8, 4) is 0 Å². The standard InChI is InChI=1S/C12H18ClFN2/c1-4-15-11(8(2)3)6-12-10(14)5-9(13)7-16-12/h5,7-8,11,15H,4,6H2,1-3H3. The Morgan fingerprint density at radius 2 is 2.19 bits per heavy atom. The highest BCUT2D eigenvalue weighted by Gasteiger charge is 2.16. The summed E-state index contributed by atoms with van der Waals surface area (Å²) in [4.78, 5) is 4.04. The lowest BCUT2D eigenvalue weighted by atomic mass is 9.99. The minimum absolute atomic E-state index is 0.244. The molecule has 1 atom stereocenters. The molecule has 90 valence electrons. The van der Waals surface area contributed by atoms with Crippen LogP contribution in [0.15, 0.2) is 12.3 Å². The monoisotopic (exact) mass is 244 g/mol. The van der Waals surface area contributed by atoms with Crippen molar-refractivity contribution >= 4 is 11.6 Å². The predicted octanol–water partition coefficient (Wildman–Crippen LogP) is 3.05. The summed E-state index contributed by atoms with van der Waals surface area (Å²) in [5.74, 6) is 0.118. The molecule has 1 N–H and O–H groups in total. The Balaban J connectivity index is 2.77. The minimum atomic E-state index is -0.323. The number of likely N-dealkylation sites (N-methyl/N-ethyl adjacent to an activating group) is 1. The van der Waals surface area contributed by atoms with E-state index in [2.05, 4.69) is 24.1 Å². The van der Waals surface area contributed by atoms with E-state index in [1.165, 1.54) is 12.3 Å². The summed E-state index contributed by atoms with van der Waals surface area (Å²) >= 11 is 5.66. The number of nitrogens with zero attached hydrogens (tertiary/aromatic N) is 1. The van der Waals surface area contributed by atoms with Crippen LogP contribution in [0.2, 0.25) is 5.02 Å². The maximum absolute atomic E-state index is 13.5. The van der Waals surface area contributed by atoms with Gasteiger partial charge in [-0.1, -0.05) is 32.4 Å². The second-order valence-electron chi connectivity index (χ2n) is 4.19. The fraction of sp³-hybridized carbons (Fsp3) is 0.583. The first kappa shape index (κ1) is 13.4. The van der Waals surface area contributed by atoms with E-state index in [0.717, 1.165) is 6.54 Å². The zero-order valence-corrected chi connectivity index (χ0v) is 10.7. The molecule has 16 heavy (non-hydrogen) atoms. The lowest BCUT2D eigenvalue weighted by Gasteiger charge is -2.21. The van der Waals surface area contributed by atoms with Gasteiger partial charge >= 0.3 is 0 Å². The smallest absolute Gasteiger partial charge is 0.146 e. The summed E-state index contributed by atoms with van der Waals surface area (Å²) in [5, 5.41) is 3.67. The molecular formula is C12H18ClFN2. The fourth-order valence-corrected chi connectivity index (χ4v) is 1.75. The maximum Gasteiger partial charge on any atom is 0.146 e. The minimum Gasteiger partial charge on any atom is -0.314 e. The normalized spacial score (nSPS) is 13.1. The van der Waals surface area contributed by atoms with Crippen molar-refractivity contribution in [3.63, 3.8) is 0 Å². The van der Waals surface area contributed by atoms with E-state index >= 15 is 0 Å². The molecule has 0 spiro atoms. The molecule has 1 rings (SSSR count). The molecule has 4 heteroatoms. The zero-order chi connectivity index (χ0) is 12.1. The summed E-state index contributed by atoms with van der Waals surface area (Å²) in [7, 11) is 0. The van der Waals surface area contributed by atoms with Crippen molar-refractivity contribution in [3.05, 3.63) is 28.8 Å². The average Bonchev–Trinajstić information content (AvgIpc) is 2.20. The van der Waals surface area contributed by atoms with Crippen molar-refractivity contribution in [2.24, 2.45) is 5.92 Å². The summed E-state index contributed by atoms with van der Waals surface area (Å²) < 4.78 is 13.5. The molecule has 0 saturated carbocycles. The van der Waals surface area contributed by atoms with Crippen LogP contribution in [0.1, 0.15) is 26.5 Å². The van der Waals surface area contributed by atoms with Gasteiger partial charge in [-0.15, -0.1) is 0 Å². The molecule has 0 aromatic carbocycles. The maximum atomic E-state index is 13.5. The van der Waals surface area contributed by atoms with Crippen molar-refractivity contribution < 1.29 is 4.39 Å². The topological polar surface area (TPSA) is 24.9 Å². The van der Waals surface area contributed by atoms with Crippen LogP contribution in [0.5, 0.6) is 0 Å². The van der Waals surface area contributed by atoms with E-state index in [1.54, 1.807) is 0 Å². The Morgan fingerprint density at radius 1 is 1.50 bits per heavy atom. The number of halogens is 2. The van der Waals surface area contributed by atoms with Gasteiger partial charge in [0.05, 0.1) is 10.7 Å². The lowest BCUT2D eigenvalue weighted by Crippen LogP contribution is -2.36. The molecule has 1 aromatic rings. The molecule has 1 unspecified atom stereocenters. The van der Waals surface area contributed by atoms with Crippen molar-refractivity contribution in [2.75, 3.05) is 6.54 Å². The zero-order valence-electron chi connectivity index (χ0n) is 9.93. The van der Waals surface area contributed by atoms with E-state index < -0.39 is 0 Å². The second kappa shape index (κ2) is 6.16. The van der Waals surface area contributed by atoms with E-state index in [0.29, 0.717) is 23.1 Å². The molecule has 0 amide bonds. The first-order valence-electron chi connectivity index (χ1n) is 5.57. The third kappa shape index (κ3) is 3.72. The summed E-state index contributed by atoms with van der Waals surface area (Å²) in [5.41, 5.74) is 0.476. The van der Waals surface area contributed by atoms with Gasteiger partial charge in [-0.3, -0.25) is 4.98 Å². The summed E-state index contributed by atoms with van der Waals surface area (Å²) in [6, 6.07) is 1.56. The van der Waals surface area contributed by atoms with Crippen LogP contribution in [0.4, 0.5) is 4.39 Å². The third-order valence-corrected chi connectivity index (χ3v) is 2.78. The SMILES string of the molecule is CCNC(Cc1ncc(Cl)cc1F)C(C)C. The average molecular weight is 245 g/mol. The molecule has 0 aliphatic heterocycles. The molecule has 0 aliphatic carbocycles. The number of nitrogens with one attached hydrogen (secondary N) is 1. The Labute approximate surface area is 101 Å². The Hall–Kier alpha value is -0.670. The quantitative estimate of drug-likeness (QED) is 0.861. The molecule has 1 aromatic heterocycles. The third-order valence-electron chi connectivity index (χ3n) is 2.57. The molecule has 0 saturated heterocycles. The highest BCUT2D eigenvalue weighted by Crippen LogP contribution is 2.15. The first-order valence-corrected chi connectivity index (χ1v) is 5.95. The van der Waals surface area contributed by atoms with Gasteiger partial charge in [0.25, 0.3) is 0 Å². The van der Waals surface area contributed by atoms with Gasteiger partial charge in [0.1, 0.15) is 5.82 Å².